The molecule has 1 saturated carbocycles. The van der Waals surface area contributed by atoms with Gasteiger partial charge in [-0.15, -0.1) is 11.8 Å². The third-order valence-electron chi connectivity index (χ3n) is 5.25. The van der Waals surface area contributed by atoms with E-state index in [2.05, 4.69) is 5.32 Å². The van der Waals surface area contributed by atoms with Crippen molar-refractivity contribution in [1.82, 2.24) is 10.2 Å². The van der Waals surface area contributed by atoms with Gasteiger partial charge in [0.2, 0.25) is 5.91 Å². The van der Waals surface area contributed by atoms with Crippen LogP contribution in [0.3, 0.4) is 0 Å². The number of carbonyl (C=O) groups excluding carboxylic acids is 2. The molecule has 0 heterocycles. The minimum absolute atomic E-state index is 0.0260. The van der Waals surface area contributed by atoms with E-state index in [0.29, 0.717) is 18.2 Å². The number of amides is 2. The Kier molecular flexibility index (Phi) is 6.73. The Morgan fingerprint density at radius 1 is 0.935 bits per heavy atom. The molecule has 3 aromatic carbocycles. The predicted molar refractivity (Wildman–Crippen MR) is 125 cm³/mol. The highest BCUT2D eigenvalue weighted by Crippen LogP contribution is 2.36. The van der Waals surface area contributed by atoms with E-state index in [4.69, 9.17) is 0 Å². The average Bonchev–Trinajstić information content (AvgIpc) is 3.62. The Morgan fingerprint density at radius 2 is 1.55 bits per heavy atom. The van der Waals surface area contributed by atoms with Crippen LogP contribution in [-0.2, 0) is 11.3 Å². The molecule has 31 heavy (non-hydrogen) atoms. The summed E-state index contributed by atoms with van der Waals surface area (Å²) < 4.78 is 0. The number of nitrogens with one attached hydrogen (secondary N) is 1. The lowest BCUT2D eigenvalue weighted by Crippen LogP contribution is -2.30. The van der Waals surface area contributed by atoms with Crippen LogP contribution < -0.4 is 5.32 Å². The fourth-order valence-corrected chi connectivity index (χ4v) is 4.49. The van der Waals surface area contributed by atoms with Crippen molar-refractivity contribution >= 4 is 23.6 Å². The summed E-state index contributed by atoms with van der Waals surface area (Å²) in [4.78, 5) is 28.4. The predicted octanol–water partition coefficient (Wildman–Crippen LogP) is 5.07. The molecule has 0 bridgehead atoms. The van der Waals surface area contributed by atoms with E-state index >= 15 is 0 Å². The van der Waals surface area contributed by atoms with Crippen molar-refractivity contribution in [3.63, 3.8) is 0 Å². The van der Waals surface area contributed by atoms with Gasteiger partial charge in [-0.3, -0.25) is 9.59 Å². The molecule has 158 valence electrons. The molecule has 0 aliphatic heterocycles. The van der Waals surface area contributed by atoms with Crippen molar-refractivity contribution in [1.29, 1.82) is 0 Å². The highest BCUT2D eigenvalue weighted by molar-refractivity contribution is 8.00. The maximum Gasteiger partial charge on any atom is 0.251 e. The zero-order valence-corrected chi connectivity index (χ0v) is 18.3. The van der Waals surface area contributed by atoms with E-state index in [9.17, 15) is 9.59 Å². The van der Waals surface area contributed by atoms with Gasteiger partial charge >= 0.3 is 0 Å². The highest BCUT2D eigenvalue weighted by atomic mass is 32.2. The molecule has 1 atom stereocenters. The van der Waals surface area contributed by atoms with Gasteiger partial charge in [-0.1, -0.05) is 60.7 Å². The molecule has 1 aliphatic rings. The minimum atomic E-state index is -0.322. The number of hydrogen-bond acceptors (Lipinski definition) is 3. The van der Waals surface area contributed by atoms with Gasteiger partial charge in [0.1, 0.15) is 5.25 Å². The van der Waals surface area contributed by atoms with Crippen LogP contribution in [0.15, 0.2) is 89.8 Å². The van der Waals surface area contributed by atoms with Crippen molar-refractivity contribution in [2.24, 2.45) is 0 Å². The summed E-state index contributed by atoms with van der Waals surface area (Å²) in [7, 11) is 1.83. The lowest BCUT2D eigenvalue weighted by molar-refractivity contribution is -0.129. The summed E-state index contributed by atoms with van der Waals surface area (Å²) >= 11 is 1.56. The van der Waals surface area contributed by atoms with Crippen LogP contribution in [-0.4, -0.2) is 29.8 Å². The normalized spacial score (nSPS) is 14.0. The molecule has 4 nitrogen and oxygen atoms in total. The second kappa shape index (κ2) is 9.84. The fraction of sp³-hybridized carbons (Fsp3) is 0.231. The molecule has 1 aliphatic carbocycles. The van der Waals surface area contributed by atoms with Gasteiger partial charge in [-0.2, -0.15) is 0 Å². The number of rotatable bonds is 8. The Balaban J connectivity index is 1.45. The summed E-state index contributed by atoms with van der Waals surface area (Å²) in [5, 5.41) is 2.68. The van der Waals surface area contributed by atoms with Crippen molar-refractivity contribution < 1.29 is 9.59 Å². The van der Waals surface area contributed by atoms with Crippen molar-refractivity contribution in [3.8, 4) is 0 Å². The van der Waals surface area contributed by atoms with Gasteiger partial charge in [-0.25, -0.2) is 0 Å². The Labute approximate surface area is 187 Å². The molecule has 1 N–H and O–H groups in total. The van der Waals surface area contributed by atoms with E-state index in [0.717, 1.165) is 28.9 Å². The van der Waals surface area contributed by atoms with E-state index in [1.165, 1.54) is 0 Å². The van der Waals surface area contributed by atoms with Gasteiger partial charge in [0.25, 0.3) is 5.91 Å². The number of hydrogen-bond donors (Lipinski definition) is 1. The van der Waals surface area contributed by atoms with Crippen LogP contribution >= 0.6 is 11.8 Å². The zero-order chi connectivity index (χ0) is 21.6. The van der Waals surface area contributed by atoms with Crippen LogP contribution in [0.1, 0.15) is 39.6 Å². The molecule has 0 aromatic heterocycles. The molecular weight excluding hydrogens is 404 g/mol. The highest BCUT2D eigenvalue weighted by Gasteiger charge is 2.26. The molecule has 1 fully saturated rings. The number of thioether (sulfide) groups is 1. The number of nitrogens with zero attached hydrogens (tertiary/aromatic N) is 1. The minimum Gasteiger partial charge on any atom is -0.349 e. The molecule has 1 unspecified atom stereocenters. The van der Waals surface area contributed by atoms with Crippen molar-refractivity contribution in [2.75, 3.05) is 7.05 Å². The standard InChI is InChI=1S/C26H26N2O2S/c1-28(18-19-12-14-21(15-13-19)25(29)27-22-16-17-22)26(30)24(20-8-4-2-5-9-20)31-23-10-6-3-7-11-23/h2-15,22,24H,16-18H2,1H3,(H,27,29). The number of likely N-dealkylation sites (N-methyl/N-ethyl adjacent to an activating group) is 1. The first-order valence-electron chi connectivity index (χ1n) is 10.5. The molecule has 3 aromatic rings. The fourth-order valence-electron chi connectivity index (χ4n) is 3.33. The number of carbonyl (C=O) groups is 2. The Morgan fingerprint density at radius 3 is 2.16 bits per heavy atom. The van der Waals surface area contributed by atoms with Gasteiger partial charge < -0.3 is 10.2 Å². The smallest absolute Gasteiger partial charge is 0.251 e. The summed E-state index contributed by atoms with van der Waals surface area (Å²) in [6.45, 7) is 0.488. The lowest BCUT2D eigenvalue weighted by Gasteiger charge is -2.24. The van der Waals surface area contributed by atoms with E-state index in [1.54, 1.807) is 16.7 Å². The van der Waals surface area contributed by atoms with Crippen LogP contribution in [0.2, 0.25) is 0 Å². The zero-order valence-electron chi connectivity index (χ0n) is 17.5. The SMILES string of the molecule is CN(Cc1ccc(C(=O)NC2CC2)cc1)C(=O)C(Sc1ccccc1)c1ccccc1. The van der Waals surface area contributed by atoms with Crippen LogP contribution in [0, 0.1) is 0 Å². The van der Waals surface area contributed by atoms with E-state index in [-0.39, 0.29) is 17.1 Å². The third kappa shape index (κ3) is 5.76. The molecule has 0 spiro atoms. The quantitative estimate of drug-likeness (QED) is 0.508. The molecule has 2 amide bonds. The average molecular weight is 431 g/mol. The summed E-state index contributed by atoms with van der Waals surface area (Å²) in [5.41, 5.74) is 2.64. The van der Waals surface area contributed by atoms with E-state index in [1.807, 2.05) is 92.0 Å². The molecular formula is C26H26N2O2S. The summed E-state index contributed by atoms with van der Waals surface area (Å²) in [6.07, 6.45) is 2.14. The Bertz CT molecular complexity index is 1020. The third-order valence-corrected chi connectivity index (χ3v) is 6.50. The summed E-state index contributed by atoms with van der Waals surface area (Å²) in [5.74, 6) is 0.0255. The first kappa shape index (κ1) is 21.2. The first-order chi connectivity index (χ1) is 15.1. The molecule has 4 rings (SSSR count). The molecule has 5 heteroatoms. The maximum absolute atomic E-state index is 13.4. The second-order valence-electron chi connectivity index (χ2n) is 7.86. The maximum atomic E-state index is 13.4. The second-order valence-corrected chi connectivity index (χ2v) is 9.04. The Hall–Kier alpha value is -3.05. The monoisotopic (exact) mass is 430 g/mol. The van der Waals surface area contributed by atoms with Gasteiger partial charge in [0.15, 0.2) is 0 Å². The largest absolute Gasteiger partial charge is 0.349 e. The molecule has 0 radical (unpaired) electrons. The van der Waals surface area contributed by atoms with Crippen LogP contribution in [0.5, 0.6) is 0 Å². The molecule has 0 saturated heterocycles. The summed E-state index contributed by atoms with van der Waals surface area (Å²) in [6, 6.07) is 27.7. The number of benzene rings is 3. The van der Waals surface area contributed by atoms with Crippen LogP contribution in [0.4, 0.5) is 0 Å². The van der Waals surface area contributed by atoms with Crippen molar-refractivity contribution in [2.45, 2.75) is 35.6 Å². The first-order valence-corrected chi connectivity index (χ1v) is 11.4. The van der Waals surface area contributed by atoms with Gasteiger partial charge in [0, 0.05) is 30.1 Å². The van der Waals surface area contributed by atoms with Gasteiger partial charge in [-0.05, 0) is 48.2 Å². The lowest BCUT2D eigenvalue weighted by atomic mass is 10.1. The van der Waals surface area contributed by atoms with E-state index < -0.39 is 0 Å². The van der Waals surface area contributed by atoms with Gasteiger partial charge in [0.05, 0.1) is 0 Å². The van der Waals surface area contributed by atoms with Crippen LogP contribution in [0.25, 0.3) is 0 Å². The van der Waals surface area contributed by atoms with Crippen molar-refractivity contribution in [3.05, 3.63) is 102 Å². The topological polar surface area (TPSA) is 49.4 Å².